The molecule has 0 spiro atoms. The van der Waals surface area contributed by atoms with E-state index in [-0.39, 0.29) is 46.5 Å². The largest absolute Gasteiger partial charge is 0.484 e. The molecule has 0 saturated heterocycles. The van der Waals surface area contributed by atoms with E-state index in [9.17, 15) is 26.8 Å². The van der Waals surface area contributed by atoms with Crippen molar-refractivity contribution in [1.29, 1.82) is 0 Å². The first kappa shape index (κ1) is 26.9. The molecule has 0 aliphatic carbocycles. The predicted octanol–water partition coefficient (Wildman–Crippen LogP) is 3.60. The van der Waals surface area contributed by atoms with Crippen LogP contribution in [-0.4, -0.2) is 49.4 Å². The number of aromatic nitrogens is 2. The van der Waals surface area contributed by atoms with Crippen LogP contribution in [0.1, 0.15) is 24.7 Å². The maximum atomic E-state index is 13.7. The first-order chi connectivity index (χ1) is 17.9. The first-order valence-electron chi connectivity index (χ1n) is 11.4. The van der Waals surface area contributed by atoms with Crippen molar-refractivity contribution in [3.8, 4) is 11.5 Å². The van der Waals surface area contributed by atoms with Gasteiger partial charge in [-0.2, -0.15) is 13.9 Å². The van der Waals surface area contributed by atoms with Crippen LogP contribution in [0.5, 0.6) is 11.5 Å². The molecule has 2 aromatic carbocycles. The minimum absolute atomic E-state index is 0.00104. The SMILES string of the molecule is CC(=O)NC[C@H]1CN(S(=O)(=O)c2cn(C(F)F)nc2C)c2cc(NC(=O)Oc3ccc(C)cc3)ccc2O1. The summed E-state index contributed by atoms with van der Waals surface area (Å²) in [6, 6.07) is 11.1. The average Bonchev–Trinajstić information content (AvgIpc) is 3.26. The Bertz CT molecular complexity index is 1460. The third-order valence-corrected chi connectivity index (χ3v) is 7.47. The number of ether oxygens (including phenoxy) is 2. The summed E-state index contributed by atoms with van der Waals surface area (Å²) in [6.45, 7) is 1.23. The van der Waals surface area contributed by atoms with E-state index in [0.717, 1.165) is 16.1 Å². The molecule has 0 unspecified atom stereocenters. The van der Waals surface area contributed by atoms with Crippen molar-refractivity contribution >= 4 is 33.4 Å². The number of hydrogen-bond donors (Lipinski definition) is 2. The maximum Gasteiger partial charge on any atom is 0.417 e. The lowest BCUT2D eigenvalue weighted by Crippen LogP contribution is -2.48. The molecule has 1 atom stereocenters. The maximum absolute atomic E-state index is 13.7. The molecule has 1 aromatic heterocycles. The van der Waals surface area contributed by atoms with E-state index < -0.39 is 33.7 Å². The molecular weight excluding hydrogens is 524 g/mol. The number of nitrogens with zero attached hydrogens (tertiary/aromatic N) is 3. The van der Waals surface area contributed by atoms with Gasteiger partial charge < -0.3 is 14.8 Å². The van der Waals surface area contributed by atoms with Crippen molar-refractivity contribution < 1.29 is 36.3 Å². The molecule has 14 heteroatoms. The van der Waals surface area contributed by atoms with Crippen LogP contribution in [0.25, 0.3) is 0 Å². The van der Waals surface area contributed by atoms with Gasteiger partial charge in [-0.15, -0.1) is 0 Å². The number of amides is 2. The van der Waals surface area contributed by atoms with E-state index in [1.807, 2.05) is 6.92 Å². The molecule has 4 rings (SSSR count). The summed E-state index contributed by atoms with van der Waals surface area (Å²) in [5.74, 6) is 0.118. The van der Waals surface area contributed by atoms with Gasteiger partial charge in [-0.1, -0.05) is 17.7 Å². The van der Waals surface area contributed by atoms with Crippen molar-refractivity contribution in [3.63, 3.8) is 0 Å². The number of halogens is 2. The highest BCUT2D eigenvalue weighted by Gasteiger charge is 2.37. The minimum Gasteiger partial charge on any atom is -0.484 e. The molecular formula is C24H25F2N5O6S. The number of aryl methyl sites for hydroxylation is 2. The standard InChI is InChI=1S/C24H25F2N5O6S/c1-14-4-7-18(8-5-14)37-24(33)28-17-6-9-21-20(10-17)31(12-19(36-21)11-27-16(3)32)38(34,35)22-13-30(23(25)26)29-15(22)2/h4-10,13,19,23H,11-12H2,1-3H3,(H,27,32)(H,28,33)/t19-/m0/s1. The van der Waals surface area contributed by atoms with Gasteiger partial charge in [0.2, 0.25) is 5.91 Å². The van der Waals surface area contributed by atoms with Crippen LogP contribution in [0.2, 0.25) is 0 Å². The molecule has 0 fully saturated rings. The van der Waals surface area contributed by atoms with E-state index in [1.54, 1.807) is 24.3 Å². The van der Waals surface area contributed by atoms with Crippen LogP contribution in [0.15, 0.2) is 53.6 Å². The van der Waals surface area contributed by atoms with Crippen molar-refractivity contribution in [2.24, 2.45) is 0 Å². The minimum atomic E-state index is -4.41. The Balaban J connectivity index is 1.66. The van der Waals surface area contributed by atoms with Crippen LogP contribution in [-0.2, 0) is 14.8 Å². The van der Waals surface area contributed by atoms with Crippen molar-refractivity contribution in [2.45, 2.75) is 38.3 Å². The highest BCUT2D eigenvalue weighted by molar-refractivity contribution is 7.92. The number of carbonyl (C=O) groups excluding carboxylic acids is 2. The van der Waals surface area contributed by atoms with Crippen LogP contribution >= 0.6 is 0 Å². The van der Waals surface area contributed by atoms with Gasteiger partial charge in [0.1, 0.15) is 22.5 Å². The Hall–Kier alpha value is -4.20. The number of benzene rings is 2. The summed E-state index contributed by atoms with van der Waals surface area (Å²) < 4.78 is 66.1. The number of carbonyl (C=O) groups is 2. The zero-order valence-electron chi connectivity index (χ0n) is 20.6. The van der Waals surface area contributed by atoms with E-state index in [4.69, 9.17) is 9.47 Å². The number of anilines is 2. The molecule has 3 aromatic rings. The molecule has 0 bridgehead atoms. The number of fused-ring (bicyclic) bond motifs is 1. The second-order valence-electron chi connectivity index (χ2n) is 8.56. The number of rotatable bonds is 7. The van der Waals surface area contributed by atoms with Gasteiger partial charge in [-0.25, -0.2) is 17.9 Å². The normalized spacial score (nSPS) is 15.0. The summed E-state index contributed by atoms with van der Waals surface area (Å²) in [6.07, 6.45) is -0.830. The van der Waals surface area contributed by atoms with E-state index in [0.29, 0.717) is 5.75 Å². The van der Waals surface area contributed by atoms with Crippen molar-refractivity contribution in [2.75, 3.05) is 22.7 Å². The molecule has 202 valence electrons. The first-order valence-corrected chi connectivity index (χ1v) is 12.9. The zero-order chi connectivity index (χ0) is 27.6. The van der Waals surface area contributed by atoms with Gasteiger partial charge in [-0.05, 0) is 44.2 Å². The topological polar surface area (TPSA) is 132 Å². The highest BCUT2D eigenvalue weighted by atomic mass is 32.2. The zero-order valence-corrected chi connectivity index (χ0v) is 21.5. The lowest BCUT2D eigenvalue weighted by molar-refractivity contribution is -0.119. The third kappa shape index (κ3) is 5.85. The fourth-order valence-corrected chi connectivity index (χ4v) is 5.43. The van der Waals surface area contributed by atoms with Crippen molar-refractivity contribution in [1.82, 2.24) is 15.1 Å². The van der Waals surface area contributed by atoms with Gasteiger partial charge in [0.25, 0.3) is 10.0 Å². The second-order valence-corrected chi connectivity index (χ2v) is 10.4. The molecule has 2 amide bonds. The molecule has 11 nitrogen and oxygen atoms in total. The fourth-order valence-electron chi connectivity index (χ4n) is 3.77. The summed E-state index contributed by atoms with van der Waals surface area (Å²) in [4.78, 5) is 23.4. The predicted molar refractivity (Wildman–Crippen MR) is 133 cm³/mol. The summed E-state index contributed by atoms with van der Waals surface area (Å²) in [5, 5.41) is 8.72. The van der Waals surface area contributed by atoms with Crippen molar-refractivity contribution in [3.05, 3.63) is 59.9 Å². The Morgan fingerprint density at radius 1 is 1.18 bits per heavy atom. The number of hydrogen-bond acceptors (Lipinski definition) is 7. The van der Waals surface area contributed by atoms with E-state index in [1.165, 1.54) is 32.0 Å². The quantitative estimate of drug-likeness (QED) is 0.460. The van der Waals surface area contributed by atoms with Gasteiger partial charge >= 0.3 is 12.6 Å². The Morgan fingerprint density at radius 2 is 1.89 bits per heavy atom. The van der Waals surface area contributed by atoms with Crippen LogP contribution < -0.4 is 24.4 Å². The van der Waals surface area contributed by atoms with E-state index in [2.05, 4.69) is 15.7 Å². The van der Waals surface area contributed by atoms with Gasteiger partial charge in [0, 0.05) is 12.6 Å². The summed E-state index contributed by atoms with van der Waals surface area (Å²) >= 11 is 0. The smallest absolute Gasteiger partial charge is 0.417 e. The van der Waals surface area contributed by atoms with Crippen LogP contribution in [0, 0.1) is 13.8 Å². The van der Waals surface area contributed by atoms with Crippen LogP contribution in [0.3, 0.4) is 0 Å². The third-order valence-electron chi connectivity index (χ3n) is 5.59. The fraction of sp³-hybridized carbons (Fsp3) is 0.292. The Kier molecular flexibility index (Phi) is 7.53. The lowest BCUT2D eigenvalue weighted by Gasteiger charge is -2.35. The van der Waals surface area contributed by atoms with Gasteiger partial charge in [0.15, 0.2) is 0 Å². The van der Waals surface area contributed by atoms with E-state index >= 15 is 0 Å². The monoisotopic (exact) mass is 549 g/mol. The molecule has 1 aliphatic rings. The molecule has 38 heavy (non-hydrogen) atoms. The lowest BCUT2D eigenvalue weighted by atomic mass is 10.2. The molecule has 2 N–H and O–H groups in total. The number of nitrogens with one attached hydrogen (secondary N) is 2. The molecule has 0 saturated carbocycles. The average molecular weight is 550 g/mol. The van der Waals surface area contributed by atoms with Crippen LogP contribution in [0.4, 0.5) is 25.0 Å². The molecule has 0 radical (unpaired) electrons. The number of alkyl halides is 2. The summed E-state index contributed by atoms with van der Waals surface area (Å²) in [5.41, 5.74) is 1.12. The summed E-state index contributed by atoms with van der Waals surface area (Å²) in [7, 11) is -4.41. The Labute approximate surface area is 217 Å². The molecule has 2 heterocycles. The van der Waals surface area contributed by atoms with Gasteiger partial charge in [-0.3, -0.25) is 14.4 Å². The molecule has 1 aliphatic heterocycles. The number of sulfonamides is 1. The second kappa shape index (κ2) is 10.7. The van der Waals surface area contributed by atoms with Gasteiger partial charge in [0.05, 0.1) is 30.7 Å². The Morgan fingerprint density at radius 3 is 2.53 bits per heavy atom. The highest BCUT2D eigenvalue weighted by Crippen LogP contribution is 2.39.